The van der Waals surface area contributed by atoms with Crippen LogP contribution in [0.25, 0.3) is 0 Å². The predicted octanol–water partition coefficient (Wildman–Crippen LogP) is 0.674. The van der Waals surface area contributed by atoms with E-state index in [1.54, 1.807) is 18.2 Å². The van der Waals surface area contributed by atoms with Crippen molar-refractivity contribution in [2.45, 2.75) is 0 Å². The molecule has 0 bridgehead atoms. The third-order valence-electron chi connectivity index (χ3n) is 3.12. The Labute approximate surface area is 120 Å². The first-order valence-electron chi connectivity index (χ1n) is 6.46. The molecule has 0 spiro atoms. The first-order valence-corrected chi connectivity index (χ1v) is 6.46. The quantitative estimate of drug-likeness (QED) is 0.798. The van der Waals surface area contributed by atoms with E-state index in [1.807, 2.05) is 4.90 Å². The van der Waals surface area contributed by atoms with E-state index in [2.05, 4.69) is 10.3 Å². The number of urea groups is 1. The fourth-order valence-corrected chi connectivity index (χ4v) is 2.08. The van der Waals surface area contributed by atoms with Crippen molar-refractivity contribution in [2.24, 2.45) is 0 Å². The van der Waals surface area contributed by atoms with Crippen LogP contribution in [-0.4, -0.2) is 54.8 Å². The maximum Gasteiger partial charge on any atom is 0.341 e. The maximum absolute atomic E-state index is 13.7. The molecule has 0 aromatic heterocycles. The number of amides is 2. The molecule has 1 aliphatic rings. The van der Waals surface area contributed by atoms with Gasteiger partial charge in [-0.25, -0.2) is 19.5 Å². The number of piperazine rings is 1. The Balaban J connectivity index is 1.82. The lowest BCUT2D eigenvalue weighted by atomic mass is 10.2. The third kappa shape index (κ3) is 4.06. The highest BCUT2D eigenvalue weighted by atomic mass is 19.1. The highest BCUT2D eigenvalue weighted by Gasteiger charge is 2.22. The molecular weight excluding hydrogens is 281 g/mol. The number of carboxylic acid groups (broad SMARTS) is 1. The Morgan fingerprint density at radius 3 is 2.52 bits per heavy atom. The summed E-state index contributed by atoms with van der Waals surface area (Å²) in [5.74, 6) is -1.46. The van der Waals surface area contributed by atoms with Gasteiger partial charge < -0.3 is 14.9 Å². The van der Waals surface area contributed by atoms with Crippen molar-refractivity contribution >= 4 is 17.7 Å². The Morgan fingerprint density at radius 2 is 1.90 bits per heavy atom. The van der Waals surface area contributed by atoms with Crippen molar-refractivity contribution in [1.29, 1.82) is 0 Å². The molecule has 1 aliphatic heterocycles. The maximum atomic E-state index is 13.7. The van der Waals surface area contributed by atoms with Gasteiger partial charge >= 0.3 is 12.0 Å². The summed E-state index contributed by atoms with van der Waals surface area (Å²) in [6.07, 6.45) is 0. The zero-order valence-electron chi connectivity index (χ0n) is 11.3. The van der Waals surface area contributed by atoms with Crippen molar-refractivity contribution in [1.82, 2.24) is 10.4 Å². The van der Waals surface area contributed by atoms with Gasteiger partial charge in [0, 0.05) is 26.2 Å². The van der Waals surface area contributed by atoms with E-state index in [0.717, 1.165) is 0 Å². The van der Waals surface area contributed by atoms with Crippen LogP contribution in [0.2, 0.25) is 0 Å². The molecule has 2 N–H and O–H groups in total. The Hall–Kier alpha value is -2.35. The Bertz CT molecular complexity index is 518. The Morgan fingerprint density at radius 1 is 1.24 bits per heavy atom. The normalized spacial score (nSPS) is 14.9. The first kappa shape index (κ1) is 15.0. The summed E-state index contributed by atoms with van der Waals surface area (Å²) in [6.45, 7) is 1.19. The van der Waals surface area contributed by atoms with Crippen LogP contribution in [0.3, 0.4) is 0 Å². The van der Waals surface area contributed by atoms with Gasteiger partial charge in [-0.1, -0.05) is 12.1 Å². The van der Waals surface area contributed by atoms with Gasteiger partial charge in [0.1, 0.15) is 5.82 Å². The minimum atomic E-state index is -1.17. The molecule has 0 radical (unpaired) electrons. The van der Waals surface area contributed by atoms with E-state index in [4.69, 9.17) is 5.11 Å². The van der Waals surface area contributed by atoms with Crippen LogP contribution in [0.4, 0.5) is 14.9 Å². The van der Waals surface area contributed by atoms with E-state index < -0.39 is 18.6 Å². The molecule has 0 unspecified atom stereocenters. The summed E-state index contributed by atoms with van der Waals surface area (Å²) in [4.78, 5) is 29.8. The number of carboxylic acids is 1. The summed E-state index contributed by atoms with van der Waals surface area (Å²) in [7, 11) is 0. The van der Waals surface area contributed by atoms with Gasteiger partial charge in [-0.2, -0.15) is 0 Å². The molecular formula is C13H16FN3O4. The van der Waals surface area contributed by atoms with Gasteiger partial charge in [0.05, 0.1) is 5.69 Å². The largest absolute Gasteiger partial charge is 0.479 e. The smallest absolute Gasteiger partial charge is 0.341 e. The highest BCUT2D eigenvalue weighted by molar-refractivity contribution is 5.74. The fourth-order valence-electron chi connectivity index (χ4n) is 2.08. The standard InChI is InChI=1S/C13H16FN3O4/c14-10-3-1-2-4-11(10)16-5-7-17(8-6-16)13(20)15-21-9-12(18)19/h1-4H,5-9H2,(H,15,20)(H,18,19). The zero-order valence-corrected chi connectivity index (χ0v) is 11.3. The molecule has 7 nitrogen and oxygen atoms in total. The van der Waals surface area contributed by atoms with Crippen LogP contribution in [-0.2, 0) is 9.63 Å². The predicted molar refractivity (Wildman–Crippen MR) is 72.3 cm³/mol. The van der Waals surface area contributed by atoms with Gasteiger partial charge in [-0.15, -0.1) is 0 Å². The van der Waals surface area contributed by atoms with Gasteiger partial charge in [0.15, 0.2) is 6.61 Å². The van der Waals surface area contributed by atoms with Crippen molar-refractivity contribution in [3.63, 3.8) is 0 Å². The summed E-state index contributed by atoms with van der Waals surface area (Å²) in [5.41, 5.74) is 2.58. The summed E-state index contributed by atoms with van der Waals surface area (Å²) in [5, 5.41) is 8.39. The summed E-state index contributed by atoms with van der Waals surface area (Å²) in [6, 6.07) is 5.99. The van der Waals surface area contributed by atoms with Crippen LogP contribution in [0.1, 0.15) is 0 Å². The van der Waals surface area contributed by atoms with Crippen LogP contribution < -0.4 is 10.4 Å². The molecule has 2 rings (SSSR count). The number of halogens is 1. The van der Waals surface area contributed by atoms with E-state index >= 15 is 0 Å². The second kappa shape index (κ2) is 6.89. The number of nitrogens with zero attached hydrogens (tertiary/aromatic N) is 2. The lowest BCUT2D eigenvalue weighted by Crippen LogP contribution is -2.52. The molecule has 0 saturated carbocycles. The van der Waals surface area contributed by atoms with Crippen LogP contribution in [0.5, 0.6) is 0 Å². The van der Waals surface area contributed by atoms with E-state index in [1.165, 1.54) is 11.0 Å². The monoisotopic (exact) mass is 297 g/mol. The molecule has 21 heavy (non-hydrogen) atoms. The number of rotatable bonds is 4. The second-order valence-electron chi connectivity index (χ2n) is 4.52. The molecule has 1 fully saturated rings. The number of nitrogens with one attached hydrogen (secondary N) is 1. The van der Waals surface area contributed by atoms with Gasteiger partial charge in [-0.3, -0.25) is 4.84 Å². The van der Waals surface area contributed by atoms with Crippen LogP contribution in [0, 0.1) is 5.82 Å². The van der Waals surface area contributed by atoms with Crippen molar-refractivity contribution in [3.8, 4) is 0 Å². The molecule has 8 heteroatoms. The Kier molecular flexibility index (Phi) is 4.94. The summed E-state index contributed by atoms with van der Waals surface area (Å²) < 4.78 is 13.7. The minimum absolute atomic E-state index is 0.291. The molecule has 1 heterocycles. The number of hydroxylamine groups is 1. The number of carbonyl (C=O) groups excluding carboxylic acids is 1. The van der Waals surface area contributed by atoms with Crippen molar-refractivity contribution in [3.05, 3.63) is 30.1 Å². The number of carbonyl (C=O) groups is 2. The lowest BCUT2D eigenvalue weighted by Gasteiger charge is -2.35. The number of aliphatic carboxylic acids is 1. The number of anilines is 1. The first-order chi connectivity index (χ1) is 10.1. The molecule has 2 amide bonds. The zero-order chi connectivity index (χ0) is 15.2. The van der Waals surface area contributed by atoms with E-state index in [9.17, 15) is 14.0 Å². The fraction of sp³-hybridized carbons (Fsp3) is 0.385. The molecule has 0 aliphatic carbocycles. The molecule has 1 saturated heterocycles. The topological polar surface area (TPSA) is 82.1 Å². The molecule has 1 aromatic carbocycles. The third-order valence-corrected chi connectivity index (χ3v) is 3.12. The lowest BCUT2D eigenvalue weighted by molar-refractivity contribution is -0.144. The van der Waals surface area contributed by atoms with Gasteiger partial charge in [0.25, 0.3) is 0 Å². The van der Waals surface area contributed by atoms with Crippen molar-refractivity contribution in [2.75, 3.05) is 37.7 Å². The minimum Gasteiger partial charge on any atom is -0.479 e. The van der Waals surface area contributed by atoms with E-state index in [-0.39, 0.29) is 5.82 Å². The van der Waals surface area contributed by atoms with Crippen molar-refractivity contribution < 1.29 is 23.9 Å². The number of hydrogen-bond acceptors (Lipinski definition) is 4. The van der Waals surface area contributed by atoms with Gasteiger partial charge in [0.2, 0.25) is 0 Å². The van der Waals surface area contributed by atoms with E-state index in [0.29, 0.717) is 31.9 Å². The molecule has 114 valence electrons. The van der Waals surface area contributed by atoms with Gasteiger partial charge in [-0.05, 0) is 12.1 Å². The molecule has 1 aromatic rings. The number of benzene rings is 1. The van der Waals surface area contributed by atoms with Crippen LogP contribution in [0.15, 0.2) is 24.3 Å². The average molecular weight is 297 g/mol. The number of hydrogen-bond donors (Lipinski definition) is 2. The number of para-hydroxylation sites is 1. The SMILES string of the molecule is O=C(O)CONC(=O)N1CCN(c2ccccc2F)CC1. The van der Waals surface area contributed by atoms with Crippen LogP contribution >= 0.6 is 0 Å². The summed E-state index contributed by atoms with van der Waals surface area (Å²) >= 11 is 0. The average Bonchev–Trinajstić information content (AvgIpc) is 2.47. The molecule has 0 atom stereocenters. The highest BCUT2D eigenvalue weighted by Crippen LogP contribution is 2.19. The second-order valence-corrected chi connectivity index (χ2v) is 4.52.